The van der Waals surface area contributed by atoms with Crippen LogP contribution >= 0.6 is 11.6 Å². The Labute approximate surface area is 107 Å². The van der Waals surface area contributed by atoms with Gasteiger partial charge in [-0.2, -0.15) is 0 Å². The summed E-state index contributed by atoms with van der Waals surface area (Å²) in [5, 5.41) is -0.644. The molecule has 1 aromatic carbocycles. The van der Waals surface area contributed by atoms with Gasteiger partial charge < -0.3 is 10.5 Å². The molecule has 18 heavy (non-hydrogen) atoms. The number of ether oxygens (including phenoxy) is 1. The molecule has 1 aromatic rings. The van der Waals surface area contributed by atoms with Gasteiger partial charge in [0.1, 0.15) is 11.6 Å². The summed E-state index contributed by atoms with van der Waals surface area (Å²) >= 11 is 5.51. The van der Waals surface area contributed by atoms with Crippen molar-refractivity contribution in [3.63, 3.8) is 0 Å². The second-order valence-corrected chi connectivity index (χ2v) is 3.81. The molecule has 2 atom stereocenters. The molecule has 100 valence electrons. The Morgan fingerprint density at radius 1 is 1.44 bits per heavy atom. The Morgan fingerprint density at radius 2 is 2.00 bits per heavy atom. The van der Waals surface area contributed by atoms with E-state index in [1.807, 2.05) is 0 Å². The quantitative estimate of drug-likeness (QED) is 0.681. The fourth-order valence-corrected chi connectivity index (χ4v) is 1.64. The fourth-order valence-electron chi connectivity index (χ4n) is 1.36. The average molecular weight is 282 g/mol. The standard InChI is InChI=1S/C11H11ClF3NO2/c1-2-18-11(17)9(15)10(16)7-5(13)3-4-6(14)8(7)12/h3-4,9-10H,2,16H2,1H3/t9?,10-/m1/s1. The lowest BCUT2D eigenvalue weighted by molar-refractivity contribution is -0.149. The summed E-state index contributed by atoms with van der Waals surface area (Å²) < 4.78 is 44.6. The van der Waals surface area contributed by atoms with Gasteiger partial charge in [0.25, 0.3) is 0 Å². The maximum absolute atomic E-state index is 13.6. The Balaban J connectivity index is 3.07. The SMILES string of the molecule is CCOC(=O)C(F)[C@H](N)c1c(F)ccc(F)c1Cl. The predicted octanol–water partition coefficient (Wildman–Crippen LogP) is 2.52. The van der Waals surface area contributed by atoms with Crippen molar-refractivity contribution in [2.45, 2.75) is 19.1 Å². The number of hydrogen-bond acceptors (Lipinski definition) is 3. The van der Waals surface area contributed by atoms with E-state index in [0.29, 0.717) is 0 Å². The first kappa shape index (κ1) is 14.8. The van der Waals surface area contributed by atoms with Crippen molar-refractivity contribution in [1.29, 1.82) is 0 Å². The molecule has 2 N–H and O–H groups in total. The molecule has 7 heteroatoms. The highest BCUT2D eigenvalue weighted by atomic mass is 35.5. The lowest BCUT2D eigenvalue weighted by Gasteiger charge is -2.17. The van der Waals surface area contributed by atoms with Gasteiger partial charge in [0.2, 0.25) is 6.17 Å². The third-order valence-corrected chi connectivity index (χ3v) is 2.62. The zero-order valence-corrected chi connectivity index (χ0v) is 10.2. The molecule has 1 unspecified atom stereocenters. The van der Waals surface area contributed by atoms with Crippen LogP contribution in [0.3, 0.4) is 0 Å². The largest absolute Gasteiger partial charge is 0.464 e. The molecule has 0 aliphatic heterocycles. The maximum atomic E-state index is 13.6. The van der Waals surface area contributed by atoms with Crippen molar-refractivity contribution < 1.29 is 22.7 Å². The number of halogens is 4. The molecule has 0 fully saturated rings. The summed E-state index contributed by atoms with van der Waals surface area (Å²) in [5.74, 6) is -3.18. The van der Waals surface area contributed by atoms with Gasteiger partial charge in [0.05, 0.1) is 17.7 Å². The summed E-state index contributed by atoms with van der Waals surface area (Å²) in [7, 11) is 0. The highest BCUT2D eigenvalue weighted by Gasteiger charge is 2.32. The molecule has 1 rings (SSSR count). The maximum Gasteiger partial charge on any atom is 0.342 e. The number of alkyl halides is 1. The molecule has 0 aromatic heterocycles. The number of esters is 1. The molecule has 0 aliphatic carbocycles. The van der Waals surface area contributed by atoms with E-state index in [2.05, 4.69) is 4.74 Å². The third-order valence-electron chi connectivity index (χ3n) is 2.24. The zero-order valence-electron chi connectivity index (χ0n) is 9.42. The normalized spacial score (nSPS) is 14.1. The predicted molar refractivity (Wildman–Crippen MR) is 59.8 cm³/mol. The van der Waals surface area contributed by atoms with Gasteiger partial charge in [-0.3, -0.25) is 0 Å². The van der Waals surface area contributed by atoms with E-state index < -0.39 is 40.4 Å². The molecule has 0 aliphatic rings. The Kier molecular flexibility index (Phi) is 4.98. The molecule has 0 amide bonds. The van der Waals surface area contributed by atoms with Gasteiger partial charge in [-0.15, -0.1) is 0 Å². The van der Waals surface area contributed by atoms with Crippen molar-refractivity contribution in [2.75, 3.05) is 6.61 Å². The van der Waals surface area contributed by atoms with Crippen LogP contribution < -0.4 is 5.73 Å². The van der Waals surface area contributed by atoms with Crippen LogP contribution in [-0.4, -0.2) is 18.7 Å². The van der Waals surface area contributed by atoms with Crippen LogP contribution in [0.1, 0.15) is 18.5 Å². The monoisotopic (exact) mass is 281 g/mol. The van der Waals surface area contributed by atoms with E-state index in [1.54, 1.807) is 0 Å². The van der Waals surface area contributed by atoms with Crippen LogP contribution in [0.15, 0.2) is 12.1 Å². The van der Waals surface area contributed by atoms with Crippen molar-refractivity contribution in [1.82, 2.24) is 0 Å². The van der Waals surface area contributed by atoms with Crippen LogP contribution in [-0.2, 0) is 9.53 Å². The lowest BCUT2D eigenvalue weighted by atomic mass is 10.0. The molecule has 0 spiro atoms. The number of nitrogens with two attached hydrogens (primary N) is 1. The lowest BCUT2D eigenvalue weighted by Crippen LogP contribution is -2.32. The molecule has 0 radical (unpaired) electrons. The van der Waals surface area contributed by atoms with Crippen molar-refractivity contribution in [2.24, 2.45) is 5.73 Å². The Bertz CT molecular complexity index is 456. The van der Waals surface area contributed by atoms with Crippen LogP contribution in [0.2, 0.25) is 5.02 Å². The molecule has 0 bridgehead atoms. The first-order chi connectivity index (χ1) is 8.40. The van der Waals surface area contributed by atoms with Crippen LogP contribution in [0.25, 0.3) is 0 Å². The van der Waals surface area contributed by atoms with Gasteiger partial charge in [-0.1, -0.05) is 11.6 Å². The summed E-state index contributed by atoms with van der Waals surface area (Å²) in [6, 6.07) is -0.188. The minimum Gasteiger partial charge on any atom is -0.464 e. The van der Waals surface area contributed by atoms with E-state index >= 15 is 0 Å². The molecule has 3 nitrogen and oxygen atoms in total. The molecular weight excluding hydrogens is 271 g/mol. The number of carbonyl (C=O) groups is 1. The molecular formula is C11H11ClF3NO2. The van der Waals surface area contributed by atoms with E-state index in [1.165, 1.54) is 6.92 Å². The third kappa shape index (κ3) is 2.94. The summed E-state index contributed by atoms with van der Waals surface area (Å²) in [4.78, 5) is 11.1. The van der Waals surface area contributed by atoms with Gasteiger partial charge in [-0.25, -0.2) is 18.0 Å². The topological polar surface area (TPSA) is 52.3 Å². The summed E-state index contributed by atoms with van der Waals surface area (Å²) in [5.41, 5.74) is 4.79. The highest BCUT2D eigenvalue weighted by molar-refractivity contribution is 6.31. The second kappa shape index (κ2) is 6.06. The average Bonchev–Trinajstić information content (AvgIpc) is 2.33. The second-order valence-electron chi connectivity index (χ2n) is 3.44. The minimum absolute atomic E-state index is 0.0503. The van der Waals surface area contributed by atoms with E-state index in [0.717, 1.165) is 12.1 Å². The number of carbonyl (C=O) groups excluding carboxylic acids is 1. The first-order valence-corrected chi connectivity index (χ1v) is 5.47. The number of rotatable bonds is 4. The van der Waals surface area contributed by atoms with Crippen molar-refractivity contribution in [3.05, 3.63) is 34.4 Å². The summed E-state index contributed by atoms with van der Waals surface area (Å²) in [6.45, 7) is 1.43. The van der Waals surface area contributed by atoms with E-state index in [9.17, 15) is 18.0 Å². The van der Waals surface area contributed by atoms with E-state index in [-0.39, 0.29) is 6.61 Å². The van der Waals surface area contributed by atoms with Crippen molar-refractivity contribution >= 4 is 17.6 Å². The number of hydrogen-bond donors (Lipinski definition) is 1. The minimum atomic E-state index is -2.32. The molecule has 0 heterocycles. The smallest absolute Gasteiger partial charge is 0.342 e. The first-order valence-electron chi connectivity index (χ1n) is 5.09. The van der Waals surface area contributed by atoms with Gasteiger partial charge >= 0.3 is 5.97 Å². The fraction of sp³-hybridized carbons (Fsp3) is 0.364. The van der Waals surface area contributed by atoms with Crippen LogP contribution in [0, 0.1) is 11.6 Å². The van der Waals surface area contributed by atoms with Gasteiger partial charge in [0, 0.05) is 5.56 Å². The van der Waals surface area contributed by atoms with E-state index in [4.69, 9.17) is 17.3 Å². The van der Waals surface area contributed by atoms with Crippen LogP contribution in [0.4, 0.5) is 13.2 Å². The highest BCUT2D eigenvalue weighted by Crippen LogP contribution is 2.30. The zero-order chi connectivity index (χ0) is 13.9. The van der Waals surface area contributed by atoms with Gasteiger partial charge in [0.15, 0.2) is 0 Å². The number of benzene rings is 1. The van der Waals surface area contributed by atoms with Crippen LogP contribution in [0.5, 0.6) is 0 Å². The molecule has 0 saturated heterocycles. The Hall–Kier alpha value is -1.27. The Morgan fingerprint density at radius 3 is 2.56 bits per heavy atom. The molecule has 0 saturated carbocycles. The van der Waals surface area contributed by atoms with Gasteiger partial charge in [-0.05, 0) is 19.1 Å². The van der Waals surface area contributed by atoms with Crippen molar-refractivity contribution in [3.8, 4) is 0 Å². The summed E-state index contributed by atoms with van der Waals surface area (Å²) in [6.07, 6.45) is -2.32.